The summed E-state index contributed by atoms with van der Waals surface area (Å²) in [6.07, 6.45) is 4.32. The Hall–Kier alpha value is -0.540. The lowest BCUT2D eigenvalue weighted by atomic mass is 10.2. The highest BCUT2D eigenvalue weighted by atomic mass is 79.9. The fourth-order valence-corrected chi connectivity index (χ4v) is 2.09. The predicted molar refractivity (Wildman–Crippen MR) is 75.7 cm³/mol. The normalized spacial score (nSPS) is 10.2. The zero-order chi connectivity index (χ0) is 12.5. The predicted octanol–water partition coefficient (Wildman–Crippen LogP) is 3.98. The minimum atomic E-state index is -0.0105. The molecule has 0 unspecified atom stereocenters. The zero-order valence-electron chi connectivity index (χ0n) is 9.72. The molecule has 0 saturated carbocycles. The smallest absolute Gasteiger partial charge is 0.251 e. The monoisotopic (exact) mass is 317 g/mol. The third kappa shape index (κ3) is 6.08. The highest BCUT2D eigenvalue weighted by Gasteiger charge is 2.04. The van der Waals surface area contributed by atoms with Gasteiger partial charge in [0.05, 0.1) is 0 Å². The molecule has 1 N–H and O–H groups in total. The van der Waals surface area contributed by atoms with Crippen molar-refractivity contribution in [2.75, 3.05) is 12.4 Å². The van der Waals surface area contributed by atoms with Crippen LogP contribution in [0.3, 0.4) is 0 Å². The molecule has 0 saturated heterocycles. The number of rotatable bonds is 7. The molecule has 17 heavy (non-hydrogen) atoms. The van der Waals surface area contributed by atoms with Gasteiger partial charge in [-0.1, -0.05) is 34.8 Å². The largest absolute Gasteiger partial charge is 0.352 e. The van der Waals surface area contributed by atoms with Crippen LogP contribution in [-0.4, -0.2) is 18.3 Å². The Morgan fingerprint density at radius 1 is 1.24 bits per heavy atom. The van der Waals surface area contributed by atoms with Gasteiger partial charge in [-0.2, -0.15) is 0 Å². The maximum atomic E-state index is 11.7. The van der Waals surface area contributed by atoms with Crippen molar-refractivity contribution >= 4 is 33.4 Å². The van der Waals surface area contributed by atoms with Crippen LogP contribution in [-0.2, 0) is 0 Å². The van der Waals surface area contributed by atoms with Crippen LogP contribution in [0.4, 0.5) is 0 Å². The molecule has 94 valence electrons. The second-order valence-corrected chi connectivity index (χ2v) is 5.16. The van der Waals surface area contributed by atoms with Gasteiger partial charge < -0.3 is 5.32 Å². The van der Waals surface area contributed by atoms with Crippen molar-refractivity contribution in [2.45, 2.75) is 25.7 Å². The zero-order valence-corrected chi connectivity index (χ0v) is 12.1. The summed E-state index contributed by atoms with van der Waals surface area (Å²) in [5, 5.41) is 2.91. The van der Waals surface area contributed by atoms with Crippen molar-refractivity contribution in [1.29, 1.82) is 0 Å². The molecule has 0 aromatic heterocycles. The van der Waals surface area contributed by atoms with Gasteiger partial charge in [-0.3, -0.25) is 4.79 Å². The van der Waals surface area contributed by atoms with Crippen molar-refractivity contribution in [2.24, 2.45) is 0 Å². The fraction of sp³-hybridized carbons (Fsp3) is 0.462. The summed E-state index contributed by atoms with van der Waals surface area (Å²) < 4.78 is 0.923. The van der Waals surface area contributed by atoms with E-state index in [1.54, 1.807) is 0 Å². The molecular formula is C13H17BrClNO. The lowest BCUT2D eigenvalue weighted by Gasteiger charge is -2.05. The minimum absolute atomic E-state index is 0.0105. The molecule has 0 heterocycles. The van der Waals surface area contributed by atoms with Crippen LogP contribution in [0.5, 0.6) is 0 Å². The molecular weight excluding hydrogens is 302 g/mol. The topological polar surface area (TPSA) is 29.1 Å². The summed E-state index contributed by atoms with van der Waals surface area (Å²) in [6.45, 7) is 0.730. The molecule has 0 aliphatic rings. The number of hydrogen-bond donors (Lipinski definition) is 1. The number of nitrogens with one attached hydrogen (secondary N) is 1. The number of alkyl halides is 1. The number of hydrogen-bond acceptors (Lipinski definition) is 1. The summed E-state index contributed by atoms with van der Waals surface area (Å²) >= 11 is 8.93. The van der Waals surface area contributed by atoms with Crippen molar-refractivity contribution in [3.63, 3.8) is 0 Å². The second kappa shape index (κ2) is 8.54. The number of carbonyl (C=O) groups is 1. The third-order valence-corrected chi connectivity index (χ3v) is 3.19. The van der Waals surface area contributed by atoms with E-state index in [4.69, 9.17) is 11.6 Å². The van der Waals surface area contributed by atoms with Crippen LogP contribution in [0.15, 0.2) is 28.7 Å². The lowest BCUT2D eigenvalue weighted by Crippen LogP contribution is -2.24. The molecule has 0 bridgehead atoms. The summed E-state index contributed by atoms with van der Waals surface area (Å²) in [7, 11) is 0. The first kappa shape index (κ1) is 14.5. The Labute approximate surface area is 116 Å². The standard InChI is InChI=1S/C13H17BrClNO/c14-12-7-5-6-11(10-12)13(17)16-9-4-2-1-3-8-15/h5-7,10H,1-4,8-9H2,(H,16,17). The number of carbonyl (C=O) groups excluding carboxylic acids is 1. The Kier molecular flexibility index (Phi) is 7.29. The van der Waals surface area contributed by atoms with E-state index in [1.807, 2.05) is 24.3 Å². The quantitative estimate of drug-likeness (QED) is 0.598. The first-order valence-corrected chi connectivity index (χ1v) is 7.16. The van der Waals surface area contributed by atoms with E-state index in [0.717, 1.165) is 42.6 Å². The van der Waals surface area contributed by atoms with Crippen LogP contribution in [0, 0.1) is 0 Å². The molecule has 0 aliphatic carbocycles. The Balaban J connectivity index is 2.21. The van der Waals surface area contributed by atoms with Crippen LogP contribution in [0.2, 0.25) is 0 Å². The number of halogens is 2. The van der Waals surface area contributed by atoms with Gasteiger partial charge in [-0.25, -0.2) is 0 Å². The van der Waals surface area contributed by atoms with Crippen molar-refractivity contribution in [1.82, 2.24) is 5.32 Å². The van der Waals surface area contributed by atoms with Crippen molar-refractivity contribution in [3.05, 3.63) is 34.3 Å². The number of amides is 1. The highest BCUT2D eigenvalue weighted by molar-refractivity contribution is 9.10. The van der Waals surface area contributed by atoms with Gasteiger partial charge in [0.1, 0.15) is 0 Å². The Morgan fingerprint density at radius 3 is 2.71 bits per heavy atom. The van der Waals surface area contributed by atoms with Gasteiger partial charge in [0.2, 0.25) is 0 Å². The van der Waals surface area contributed by atoms with Crippen LogP contribution in [0.1, 0.15) is 36.0 Å². The Bertz CT molecular complexity index is 357. The molecule has 0 spiro atoms. The minimum Gasteiger partial charge on any atom is -0.352 e. The molecule has 0 fully saturated rings. The molecule has 0 radical (unpaired) electrons. The van der Waals surface area contributed by atoms with Gasteiger partial charge in [-0.15, -0.1) is 11.6 Å². The molecule has 2 nitrogen and oxygen atoms in total. The van der Waals surface area contributed by atoms with E-state index in [0.29, 0.717) is 5.56 Å². The Morgan fingerprint density at radius 2 is 2.00 bits per heavy atom. The van der Waals surface area contributed by atoms with Gasteiger partial charge in [0.15, 0.2) is 0 Å². The number of unbranched alkanes of at least 4 members (excludes halogenated alkanes) is 3. The van der Waals surface area contributed by atoms with Crippen molar-refractivity contribution in [3.8, 4) is 0 Å². The van der Waals surface area contributed by atoms with Crippen molar-refractivity contribution < 1.29 is 4.79 Å². The maximum absolute atomic E-state index is 11.7. The highest BCUT2D eigenvalue weighted by Crippen LogP contribution is 2.11. The van der Waals surface area contributed by atoms with Crippen LogP contribution >= 0.6 is 27.5 Å². The molecule has 0 atom stereocenters. The summed E-state index contributed by atoms with van der Waals surface area (Å²) in [4.78, 5) is 11.7. The first-order chi connectivity index (χ1) is 8.24. The second-order valence-electron chi connectivity index (χ2n) is 3.87. The van der Waals surface area contributed by atoms with Crippen LogP contribution < -0.4 is 5.32 Å². The lowest BCUT2D eigenvalue weighted by molar-refractivity contribution is 0.0953. The third-order valence-electron chi connectivity index (χ3n) is 2.43. The van der Waals surface area contributed by atoms with Gasteiger partial charge in [0.25, 0.3) is 5.91 Å². The fourth-order valence-electron chi connectivity index (χ4n) is 1.51. The summed E-state index contributed by atoms with van der Waals surface area (Å²) in [5.74, 6) is 0.716. The van der Waals surface area contributed by atoms with E-state index < -0.39 is 0 Å². The molecule has 1 rings (SSSR count). The first-order valence-electron chi connectivity index (χ1n) is 5.84. The van der Waals surface area contributed by atoms with Crippen LogP contribution in [0.25, 0.3) is 0 Å². The SMILES string of the molecule is O=C(NCCCCCCCl)c1cccc(Br)c1. The van der Waals surface area contributed by atoms with E-state index in [1.165, 1.54) is 0 Å². The summed E-state index contributed by atoms with van der Waals surface area (Å²) in [6, 6.07) is 7.40. The van der Waals surface area contributed by atoms with E-state index in [9.17, 15) is 4.79 Å². The molecule has 0 aliphatic heterocycles. The molecule has 4 heteroatoms. The molecule has 1 aromatic carbocycles. The average molecular weight is 319 g/mol. The maximum Gasteiger partial charge on any atom is 0.251 e. The van der Waals surface area contributed by atoms with E-state index in [2.05, 4.69) is 21.2 Å². The molecule has 1 amide bonds. The van der Waals surface area contributed by atoms with Gasteiger partial charge in [0, 0.05) is 22.5 Å². The average Bonchev–Trinajstić information content (AvgIpc) is 2.33. The van der Waals surface area contributed by atoms with E-state index in [-0.39, 0.29) is 5.91 Å². The molecule has 1 aromatic rings. The van der Waals surface area contributed by atoms with E-state index >= 15 is 0 Å². The van der Waals surface area contributed by atoms with Gasteiger partial charge >= 0.3 is 0 Å². The van der Waals surface area contributed by atoms with Gasteiger partial charge in [-0.05, 0) is 31.0 Å². The number of benzene rings is 1. The summed E-state index contributed by atoms with van der Waals surface area (Å²) in [5.41, 5.74) is 0.695.